The number of likely N-dealkylation sites (tertiary alicyclic amines) is 1. The molecule has 0 saturated carbocycles. The number of benzene rings is 1. The van der Waals surface area contributed by atoms with Gasteiger partial charge in [0.1, 0.15) is 17.5 Å². The molecule has 9 nitrogen and oxygen atoms in total. The second-order valence-corrected chi connectivity index (χ2v) is 10.8. The molecule has 1 aromatic carbocycles. The van der Waals surface area contributed by atoms with E-state index in [0.717, 1.165) is 32.4 Å². The van der Waals surface area contributed by atoms with Gasteiger partial charge in [-0.05, 0) is 70.1 Å². The van der Waals surface area contributed by atoms with Crippen LogP contribution in [-0.4, -0.2) is 66.5 Å². The summed E-state index contributed by atoms with van der Waals surface area (Å²) in [5.41, 5.74) is 0.104. The lowest BCUT2D eigenvalue weighted by Gasteiger charge is -2.39. The monoisotopic (exact) mass is 488 g/mol. The molecular weight excluding hydrogens is 455 g/mol. The van der Waals surface area contributed by atoms with Crippen LogP contribution < -0.4 is 15.5 Å². The van der Waals surface area contributed by atoms with Gasteiger partial charge in [0.25, 0.3) is 5.91 Å². The number of ether oxygens (including phenoxy) is 1. The second-order valence-electron chi connectivity index (χ2n) is 10.8. The van der Waals surface area contributed by atoms with Gasteiger partial charge in [-0.3, -0.25) is 19.7 Å². The van der Waals surface area contributed by atoms with Crippen molar-refractivity contribution in [2.24, 2.45) is 5.41 Å². The van der Waals surface area contributed by atoms with Gasteiger partial charge in [0, 0.05) is 38.3 Å². The number of nitrogens with zero attached hydrogens (tertiary/aromatic N) is 2. The number of amides is 4. The SMILES string of the molecule is CC(C)(C)OC(=O)N1CCC2(CC1)CCN(c1ccc(C(=O)NC3CCC(=O)NC3=O)c(F)c1)C2. The van der Waals surface area contributed by atoms with Gasteiger partial charge in [-0.15, -0.1) is 0 Å². The lowest BCUT2D eigenvalue weighted by molar-refractivity contribution is -0.134. The van der Waals surface area contributed by atoms with E-state index in [1.165, 1.54) is 12.1 Å². The first-order chi connectivity index (χ1) is 16.4. The fourth-order valence-electron chi connectivity index (χ4n) is 5.01. The highest BCUT2D eigenvalue weighted by Crippen LogP contribution is 2.42. The standard InChI is InChI=1S/C25H33FN4O5/c1-24(2,3)35-23(34)29-11-8-25(9-12-29)10-13-30(15-25)16-4-5-17(18(26)14-16)21(32)27-19-6-7-20(31)28-22(19)33/h4-5,14,19H,6-13,15H2,1-3H3,(H,27,32)(H,28,31,33). The van der Waals surface area contributed by atoms with Crippen LogP contribution in [0.4, 0.5) is 14.9 Å². The van der Waals surface area contributed by atoms with Crippen molar-refractivity contribution in [1.29, 1.82) is 0 Å². The Balaban J connectivity index is 1.34. The van der Waals surface area contributed by atoms with E-state index < -0.39 is 29.3 Å². The lowest BCUT2D eigenvalue weighted by Crippen LogP contribution is -2.52. The summed E-state index contributed by atoms with van der Waals surface area (Å²) >= 11 is 0. The van der Waals surface area contributed by atoms with Crippen molar-refractivity contribution in [2.45, 2.75) is 64.5 Å². The summed E-state index contributed by atoms with van der Waals surface area (Å²) in [4.78, 5) is 51.9. The van der Waals surface area contributed by atoms with Gasteiger partial charge in [-0.25, -0.2) is 9.18 Å². The zero-order valence-corrected chi connectivity index (χ0v) is 20.5. The summed E-state index contributed by atoms with van der Waals surface area (Å²) in [5.74, 6) is -2.30. The van der Waals surface area contributed by atoms with Crippen LogP contribution in [0.2, 0.25) is 0 Å². The van der Waals surface area contributed by atoms with Gasteiger partial charge in [0.05, 0.1) is 5.56 Å². The van der Waals surface area contributed by atoms with E-state index in [4.69, 9.17) is 4.74 Å². The molecule has 3 aliphatic heterocycles. The van der Waals surface area contributed by atoms with E-state index in [2.05, 4.69) is 15.5 Å². The lowest BCUT2D eigenvalue weighted by atomic mass is 9.78. The van der Waals surface area contributed by atoms with Gasteiger partial charge >= 0.3 is 6.09 Å². The van der Waals surface area contributed by atoms with Crippen LogP contribution in [0, 0.1) is 11.2 Å². The van der Waals surface area contributed by atoms with Crippen molar-refractivity contribution in [2.75, 3.05) is 31.1 Å². The number of hydrogen-bond acceptors (Lipinski definition) is 6. The molecule has 3 saturated heterocycles. The average molecular weight is 489 g/mol. The van der Waals surface area contributed by atoms with Crippen LogP contribution in [0.25, 0.3) is 0 Å². The van der Waals surface area contributed by atoms with Gasteiger partial charge < -0.3 is 19.9 Å². The Hall–Kier alpha value is -3.17. The van der Waals surface area contributed by atoms with Crippen molar-refractivity contribution < 1.29 is 28.3 Å². The average Bonchev–Trinajstić information content (AvgIpc) is 3.18. The normalized spacial score (nSPS) is 22.2. The van der Waals surface area contributed by atoms with Gasteiger partial charge in [-0.1, -0.05) is 0 Å². The zero-order valence-electron chi connectivity index (χ0n) is 20.5. The predicted molar refractivity (Wildman–Crippen MR) is 126 cm³/mol. The van der Waals surface area contributed by atoms with E-state index in [9.17, 15) is 23.6 Å². The Labute approximate surface area is 204 Å². The largest absolute Gasteiger partial charge is 0.444 e. The second kappa shape index (κ2) is 9.47. The molecule has 3 fully saturated rings. The smallest absolute Gasteiger partial charge is 0.410 e. The number of hydrogen-bond donors (Lipinski definition) is 2. The molecular formula is C25H33FN4O5. The number of piperidine rings is 2. The third-order valence-corrected chi connectivity index (χ3v) is 7.02. The molecule has 0 radical (unpaired) electrons. The summed E-state index contributed by atoms with van der Waals surface area (Å²) in [5, 5.41) is 4.68. The van der Waals surface area contributed by atoms with E-state index in [1.54, 1.807) is 11.0 Å². The van der Waals surface area contributed by atoms with Crippen LogP contribution in [0.5, 0.6) is 0 Å². The molecule has 1 unspecified atom stereocenters. The number of halogens is 1. The summed E-state index contributed by atoms with van der Waals surface area (Å²) in [6, 6.07) is 3.65. The molecule has 2 N–H and O–H groups in total. The zero-order chi connectivity index (χ0) is 25.4. The van der Waals surface area contributed by atoms with Crippen molar-refractivity contribution in [1.82, 2.24) is 15.5 Å². The Bertz CT molecular complexity index is 1030. The molecule has 190 valence electrons. The minimum Gasteiger partial charge on any atom is -0.444 e. The van der Waals surface area contributed by atoms with Crippen molar-refractivity contribution in [3.8, 4) is 0 Å². The maximum atomic E-state index is 14.9. The van der Waals surface area contributed by atoms with Gasteiger partial charge in [-0.2, -0.15) is 0 Å². The highest BCUT2D eigenvalue weighted by molar-refractivity contribution is 6.03. The molecule has 1 aromatic rings. The van der Waals surface area contributed by atoms with Crippen LogP contribution in [-0.2, 0) is 14.3 Å². The number of carbonyl (C=O) groups is 4. The molecule has 10 heteroatoms. The third-order valence-electron chi connectivity index (χ3n) is 7.02. The first-order valence-corrected chi connectivity index (χ1v) is 12.1. The highest BCUT2D eigenvalue weighted by atomic mass is 19.1. The molecule has 0 aromatic heterocycles. The molecule has 1 spiro atoms. The molecule has 3 heterocycles. The quantitative estimate of drug-likeness (QED) is 0.634. The fourth-order valence-corrected chi connectivity index (χ4v) is 5.01. The third kappa shape index (κ3) is 5.74. The molecule has 3 aliphatic rings. The molecule has 4 amide bonds. The van der Waals surface area contributed by atoms with Crippen molar-refractivity contribution in [3.05, 3.63) is 29.6 Å². The fraction of sp³-hybridized carbons (Fsp3) is 0.600. The first-order valence-electron chi connectivity index (χ1n) is 12.1. The molecule has 4 rings (SSSR count). The van der Waals surface area contributed by atoms with Crippen molar-refractivity contribution in [3.63, 3.8) is 0 Å². The van der Waals surface area contributed by atoms with Crippen molar-refractivity contribution >= 4 is 29.5 Å². The number of anilines is 1. The Morgan fingerprint density at radius 2 is 1.83 bits per heavy atom. The summed E-state index contributed by atoms with van der Waals surface area (Å²) in [6.07, 6.45) is 2.71. The van der Waals surface area contributed by atoms with E-state index >= 15 is 0 Å². The summed E-state index contributed by atoms with van der Waals surface area (Å²) in [7, 11) is 0. The van der Waals surface area contributed by atoms with Gasteiger partial charge in [0.15, 0.2) is 0 Å². The van der Waals surface area contributed by atoms with E-state index in [-0.39, 0.29) is 35.8 Å². The highest BCUT2D eigenvalue weighted by Gasteiger charge is 2.42. The summed E-state index contributed by atoms with van der Waals surface area (Å²) < 4.78 is 20.4. The molecule has 0 aliphatic carbocycles. The molecule has 0 bridgehead atoms. The van der Waals surface area contributed by atoms with Crippen LogP contribution in [0.3, 0.4) is 0 Å². The minimum absolute atomic E-state index is 0.0663. The number of nitrogens with one attached hydrogen (secondary N) is 2. The topological polar surface area (TPSA) is 108 Å². The minimum atomic E-state index is -0.857. The molecule has 1 atom stereocenters. The Kier molecular flexibility index (Phi) is 6.75. The maximum absolute atomic E-state index is 14.9. The number of carbonyl (C=O) groups excluding carboxylic acids is 4. The predicted octanol–water partition coefficient (Wildman–Crippen LogP) is 2.59. The number of imide groups is 1. The first kappa shape index (κ1) is 24.9. The Morgan fingerprint density at radius 1 is 1.14 bits per heavy atom. The van der Waals surface area contributed by atoms with Crippen LogP contribution >= 0.6 is 0 Å². The van der Waals surface area contributed by atoms with Gasteiger partial charge in [0.2, 0.25) is 11.8 Å². The molecule has 35 heavy (non-hydrogen) atoms. The summed E-state index contributed by atoms with van der Waals surface area (Å²) in [6.45, 7) is 8.37. The van der Waals surface area contributed by atoms with E-state index in [1.807, 2.05) is 20.8 Å². The van der Waals surface area contributed by atoms with Crippen LogP contribution in [0.15, 0.2) is 18.2 Å². The Morgan fingerprint density at radius 3 is 2.46 bits per heavy atom. The van der Waals surface area contributed by atoms with Crippen LogP contribution in [0.1, 0.15) is 63.2 Å². The number of rotatable bonds is 3. The maximum Gasteiger partial charge on any atom is 0.410 e. The van der Waals surface area contributed by atoms with E-state index in [0.29, 0.717) is 18.8 Å².